The van der Waals surface area contributed by atoms with E-state index in [1.165, 1.54) is 12.1 Å². The second-order valence-corrected chi connectivity index (χ2v) is 10.3. The summed E-state index contributed by atoms with van der Waals surface area (Å²) in [5.41, 5.74) is 2.92. The van der Waals surface area contributed by atoms with Gasteiger partial charge in [-0.2, -0.15) is 0 Å². The molecule has 2 saturated heterocycles. The SMILES string of the molecule is CCC(=Cc1cccc([N+](=O)[O-])c1)C(=O)N1CCC2(CCN(C(=O)c3ccccc3-n3cccc3)CC2)C1. The van der Waals surface area contributed by atoms with Gasteiger partial charge in [0, 0.05) is 56.3 Å². The minimum absolute atomic E-state index is 0.00460. The number of nitro benzene ring substituents is 1. The second-order valence-electron chi connectivity index (χ2n) is 10.3. The van der Waals surface area contributed by atoms with E-state index in [-0.39, 0.29) is 22.9 Å². The number of carbonyl (C=O) groups is 2. The summed E-state index contributed by atoms with van der Waals surface area (Å²) in [6.45, 7) is 4.65. The smallest absolute Gasteiger partial charge is 0.270 e. The van der Waals surface area contributed by atoms with Crippen molar-refractivity contribution in [3.63, 3.8) is 0 Å². The minimum atomic E-state index is -0.425. The molecule has 5 rings (SSSR count). The van der Waals surface area contributed by atoms with Gasteiger partial charge in [0.15, 0.2) is 0 Å². The number of piperidine rings is 1. The average Bonchev–Trinajstić information content (AvgIpc) is 3.63. The number of carbonyl (C=O) groups excluding carboxylic acids is 2. The van der Waals surface area contributed by atoms with Gasteiger partial charge < -0.3 is 14.4 Å². The molecule has 2 amide bonds. The molecule has 0 unspecified atom stereocenters. The number of nitrogens with zero attached hydrogens (tertiary/aromatic N) is 4. The summed E-state index contributed by atoms with van der Waals surface area (Å²) in [6.07, 6.45) is 8.86. The largest absolute Gasteiger partial charge is 0.339 e. The van der Waals surface area contributed by atoms with E-state index in [4.69, 9.17) is 0 Å². The van der Waals surface area contributed by atoms with Crippen LogP contribution in [0.4, 0.5) is 5.69 Å². The van der Waals surface area contributed by atoms with Crippen molar-refractivity contribution in [2.24, 2.45) is 5.41 Å². The highest BCUT2D eigenvalue weighted by Gasteiger charge is 2.43. The molecule has 8 heteroatoms. The van der Waals surface area contributed by atoms with Gasteiger partial charge in [0.1, 0.15) is 0 Å². The summed E-state index contributed by atoms with van der Waals surface area (Å²) in [4.78, 5) is 41.4. The van der Waals surface area contributed by atoms with Crippen LogP contribution in [0, 0.1) is 15.5 Å². The second kappa shape index (κ2) is 10.7. The number of hydrogen-bond acceptors (Lipinski definition) is 4. The Morgan fingerprint density at radius 1 is 0.947 bits per heavy atom. The molecule has 1 spiro atoms. The molecule has 3 aromatic rings. The Bertz CT molecular complexity index is 1370. The number of nitro groups is 1. The molecule has 0 radical (unpaired) electrons. The Kier molecular flexibility index (Phi) is 7.13. The van der Waals surface area contributed by atoms with E-state index in [9.17, 15) is 19.7 Å². The molecule has 38 heavy (non-hydrogen) atoms. The number of para-hydroxylation sites is 1. The number of amides is 2. The summed E-state index contributed by atoms with van der Waals surface area (Å²) >= 11 is 0. The van der Waals surface area contributed by atoms with E-state index < -0.39 is 4.92 Å². The zero-order chi connectivity index (χ0) is 26.7. The summed E-state index contributed by atoms with van der Waals surface area (Å²) in [6, 6.07) is 18.0. The molecule has 2 aliphatic rings. The molecule has 3 heterocycles. The number of likely N-dealkylation sites (tertiary alicyclic amines) is 2. The van der Waals surface area contributed by atoms with E-state index in [0.29, 0.717) is 49.3 Å². The van der Waals surface area contributed by atoms with Crippen LogP contribution in [0.1, 0.15) is 48.5 Å². The first-order chi connectivity index (χ1) is 18.4. The highest BCUT2D eigenvalue weighted by atomic mass is 16.6. The van der Waals surface area contributed by atoms with E-state index in [0.717, 1.165) is 24.9 Å². The lowest BCUT2D eigenvalue weighted by Crippen LogP contribution is -2.45. The van der Waals surface area contributed by atoms with E-state index >= 15 is 0 Å². The molecule has 2 aliphatic heterocycles. The predicted octanol–water partition coefficient (Wildman–Crippen LogP) is 5.33. The lowest BCUT2D eigenvalue weighted by Gasteiger charge is -2.39. The van der Waals surface area contributed by atoms with E-state index in [1.54, 1.807) is 18.2 Å². The quantitative estimate of drug-likeness (QED) is 0.254. The zero-order valence-corrected chi connectivity index (χ0v) is 21.6. The van der Waals surface area contributed by atoms with Gasteiger partial charge in [0.05, 0.1) is 16.2 Å². The fraction of sp³-hybridized carbons (Fsp3) is 0.333. The van der Waals surface area contributed by atoms with Crippen molar-refractivity contribution in [1.29, 1.82) is 0 Å². The molecule has 0 N–H and O–H groups in total. The highest BCUT2D eigenvalue weighted by Crippen LogP contribution is 2.41. The van der Waals surface area contributed by atoms with Crippen molar-refractivity contribution in [3.05, 3.63) is 99.9 Å². The van der Waals surface area contributed by atoms with Gasteiger partial charge in [-0.3, -0.25) is 19.7 Å². The van der Waals surface area contributed by atoms with Crippen molar-refractivity contribution >= 4 is 23.6 Å². The molecule has 0 saturated carbocycles. The van der Waals surface area contributed by atoms with Crippen LogP contribution in [0.25, 0.3) is 11.8 Å². The van der Waals surface area contributed by atoms with Gasteiger partial charge in [-0.1, -0.05) is 31.2 Å². The molecule has 1 aromatic heterocycles. The first-order valence-electron chi connectivity index (χ1n) is 13.2. The Morgan fingerprint density at radius 3 is 2.32 bits per heavy atom. The van der Waals surface area contributed by atoms with Gasteiger partial charge in [-0.25, -0.2) is 0 Å². The third kappa shape index (κ3) is 5.11. The van der Waals surface area contributed by atoms with E-state index in [1.807, 2.05) is 70.1 Å². The van der Waals surface area contributed by atoms with Gasteiger partial charge in [-0.15, -0.1) is 0 Å². The number of non-ortho nitro benzene ring substituents is 1. The summed E-state index contributed by atoms with van der Waals surface area (Å²) < 4.78 is 1.96. The van der Waals surface area contributed by atoms with Crippen molar-refractivity contribution in [2.45, 2.75) is 32.6 Å². The third-order valence-electron chi connectivity index (χ3n) is 7.93. The molecular weight excluding hydrogens is 480 g/mol. The first kappa shape index (κ1) is 25.4. The van der Waals surface area contributed by atoms with Crippen LogP contribution >= 0.6 is 0 Å². The monoisotopic (exact) mass is 512 g/mol. The molecule has 2 aromatic carbocycles. The minimum Gasteiger partial charge on any atom is -0.339 e. The number of aromatic nitrogens is 1. The zero-order valence-electron chi connectivity index (χ0n) is 21.6. The van der Waals surface area contributed by atoms with Gasteiger partial charge >= 0.3 is 0 Å². The lowest BCUT2D eigenvalue weighted by molar-refractivity contribution is -0.384. The van der Waals surface area contributed by atoms with Crippen LogP contribution in [-0.2, 0) is 4.79 Å². The molecule has 0 bridgehead atoms. The van der Waals surface area contributed by atoms with Gasteiger partial charge in [0.25, 0.3) is 11.6 Å². The van der Waals surface area contributed by atoms with Crippen LogP contribution < -0.4 is 0 Å². The van der Waals surface area contributed by atoms with Crippen LogP contribution in [-0.4, -0.2) is 57.3 Å². The Labute approximate surface area is 222 Å². The summed E-state index contributed by atoms with van der Waals surface area (Å²) in [5.74, 6) is 0.0401. The maximum atomic E-state index is 13.5. The van der Waals surface area contributed by atoms with Crippen molar-refractivity contribution < 1.29 is 14.5 Å². The first-order valence-corrected chi connectivity index (χ1v) is 13.2. The van der Waals surface area contributed by atoms with Crippen LogP contribution in [0.3, 0.4) is 0 Å². The predicted molar refractivity (Wildman–Crippen MR) is 146 cm³/mol. The Hall–Kier alpha value is -4.20. The standard InChI is InChI=1S/C30H32N4O4/c1-2-24(20-23-8-7-9-25(21-23)34(37)38)28(35)33-19-14-30(22-33)12-17-32(18-13-30)29(36)26-10-3-4-11-27(26)31-15-5-6-16-31/h3-11,15-16,20-21H,2,12-14,17-19,22H2,1H3. The average molecular weight is 513 g/mol. The van der Waals surface area contributed by atoms with Gasteiger partial charge in [0.2, 0.25) is 5.91 Å². The summed E-state index contributed by atoms with van der Waals surface area (Å²) in [5, 5.41) is 11.1. The molecule has 2 fully saturated rings. The molecule has 0 aliphatic carbocycles. The third-order valence-corrected chi connectivity index (χ3v) is 7.93. The number of benzene rings is 2. The van der Waals surface area contributed by atoms with Crippen LogP contribution in [0.2, 0.25) is 0 Å². The van der Waals surface area contributed by atoms with Crippen molar-refractivity contribution in [1.82, 2.24) is 14.4 Å². The van der Waals surface area contributed by atoms with Crippen LogP contribution in [0.5, 0.6) is 0 Å². The Balaban J connectivity index is 1.24. The molecule has 0 atom stereocenters. The topological polar surface area (TPSA) is 88.7 Å². The fourth-order valence-electron chi connectivity index (χ4n) is 5.69. The van der Waals surface area contributed by atoms with Crippen molar-refractivity contribution in [2.75, 3.05) is 26.2 Å². The molecule has 196 valence electrons. The van der Waals surface area contributed by atoms with Gasteiger partial charge in [-0.05, 0) is 67.0 Å². The maximum absolute atomic E-state index is 13.5. The normalized spacial score (nSPS) is 17.1. The lowest BCUT2D eigenvalue weighted by atomic mass is 9.77. The number of rotatable bonds is 6. The van der Waals surface area contributed by atoms with Crippen molar-refractivity contribution in [3.8, 4) is 5.69 Å². The maximum Gasteiger partial charge on any atom is 0.270 e. The van der Waals surface area contributed by atoms with Crippen LogP contribution in [0.15, 0.2) is 78.6 Å². The summed E-state index contributed by atoms with van der Waals surface area (Å²) in [7, 11) is 0. The highest BCUT2D eigenvalue weighted by molar-refractivity contribution is 5.98. The molecular formula is C30H32N4O4. The fourth-order valence-corrected chi connectivity index (χ4v) is 5.69. The van der Waals surface area contributed by atoms with E-state index in [2.05, 4.69) is 0 Å². The number of hydrogen-bond donors (Lipinski definition) is 0. The Morgan fingerprint density at radius 2 is 1.63 bits per heavy atom. The molecule has 8 nitrogen and oxygen atoms in total.